The predicted octanol–water partition coefficient (Wildman–Crippen LogP) is 1.17. The maximum absolute atomic E-state index is 11.1. The van der Waals surface area contributed by atoms with E-state index in [1.165, 1.54) is 12.8 Å². The third kappa shape index (κ3) is 1.15. The zero-order chi connectivity index (χ0) is 7.84. The zero-order valence-corrected chi connectivity index (χ0v) is 6.97. The van der Waals surface area contributed by atoms with Crippen molar-refractivity contribution in [1.82, 2.24) is 5.32 Å². The number of hydrogen-bond acceptors (Lipinski definition) is 1. The standard InChI is InChI=1S/C9H15NO/c1-6-7-2-3-8(6)5-10-9(11)4-7/h6-8H,2-5H2,1H3,(H,10,11). The molecule has 1 N–H and O–H groups in total. The molecule has 0 aromatic heterocycles. The molecule has 2 rings (SSSR count). The van der Waals surface area contributed by atoms with Crippen molar-refractivity contribution in [2.75, 3.05) is 6.54 Å². The lowest BCUT2D eigenvalue weighted by atomic mass is 9.91. The summed E-state index contributed by atoms with van der Waals surface area (Å²) < 4.78 is 0. The molecule has 2 aliphatic rings. The molecule has 1 amide bonds. The summed E-state index contributed by atoms with van der Waals surface area (Å²) in [6.07, 6.45) is 3.38. The second-order valence-corrected chi connectivity index (χ2v) is 3.96. The first-order valence-electron chi connectivity index (χ1n) is 4.54. The van der Waals surface area contributed by atoms with Crippen molar-refractivity contribution in [3.05, 3.63) is 0 Å². The van der Waals surface area contributed by atoms with Crippen LogP contribution in [0.15, 0.2) is 0 Å². The molecule has 1 aliphatic carbocycles. The predicted molar refractivity (Wildman–Crippen MR) is 43.0 cm³/mol. The fraction of sp³-hybridized carbons (Fsp3) is 0.889. The Balaban J connectivity index is 2.13. The van der Waals surface area contributed by atoms with Crippen molar-refractivity contribution >= 4 is 5.91 Å². The first-order chi connectivity index (χ1) is 5.27. The molecule has 2 heteroatoms. The van der Waals surface area contributed by atoms with Gasteiger partial charge in [-0.05, 0) is 30.6 Å². The number of nitrogens with one attached hydrogen (secondary N) is 1. The Kier molecular flexibility index (Phi) is 1.63. The van der Waals surface area contributed by atoms with Gasteiger partial charge in [0.1, 0.15) is 0 Å². The van der Waals surface area contributed by atoms with Crippen LogP contribution in [0.4, 0.5) is 0 Å². The molecule has 1 heterocycles. The van der Waals surface area contributed by atoms with Crippen molar-refractivity contribution in [3.63, 3.8) is 0 Å². The molecule has 1 saturated heterocycles. The van der Waals surface area contributed by atoms with Crippen LogP contribution in [0.2, 0.25) is 0 Å². The Labute approximate surface area is 67.4 Å². The summed E-state index contributed by atoms with van der Waals surface area (Å²) in [5.41, 5.74) is 0. The van der Waals surface area contributed by atoms with Gasteiger partial charge in [0.15, 0.2) is 0 Å². The van der Waals surface area contributed by atoms with Crippen LogP contribution in [0, 0.1) is 17.8 Å². The van der Waals surface area contributed by atoms with E-state index >= 15 is 0 Å². The van der Waals surface area contributed by atoms with E-state index in [0.29, 0.717) is 5.92 Å². The summed E-state index contributed by atoms with van der Waals surface area (Å²) in [4.78, 5) is 11.1. The van der Waals surface area contributed by atoms with E-state index in [4.69, 9.17) is 0 Å². The van der Waals surface area contributed by atoms with Crippen molar-refractivity contribution in [1.29, 1.82) is 0 Å². The van der Waals surface area contributed by atoms with Gasteiger partial charge in [-0.1, -0.05) is 6.92 Å². The second kappa shape index (κ2) is 2.50. The van der Waals surface area contributed by atoms with Gasteiger partial charge in [0.05, 0.1) is 0 Å². The van der Waals surface area contributed by atoms with E-state index in [9.17, 15) is 4.79 Å². The molecule has 0 aromatic rings. The Morgan fingerprint density at radius 1 is 1.36 bits per heavy atom. The molecule has 1 aliphatic heterocycles. The van der Waals surface area contributed by atoms with E-state index in [1.54, 1.807) is 0 Å². The van der Waals surface area contributed by atoms with Gasteiger partial charge in [-0.15, -0.1) is 0 Å². The summed E-state index contributed by atoms with van der Waals surface area (Å²) >= 11 is 0. The van der Waals surface area contributed by atoms with E-state index in [1.807, 2.05) is 0 Å². The molecule has 2 bridgehead atoms. The summed E-state index contributed by atoms with van der Waals surface area (Å²) in [7, 11) is 0. The maximum Gasteiger partial charge on any atom is 0.220 e. The highest BCUT2D eigenvalue weighted by molar-refractivity contribution is 5.76. The Hall–Kier alpha value is -0.530. The van der Waals surface area contributed by atoms with E-state index in [2.05, 4.69) is 12.2 Å². The van der Waals surface area contributed by atoms with Crippen molar-refractivity contribution in [2.45, 2.75) is 26.2 Å². The van der Waals surface area contributed by atoms with Gasteiger partial charge in [-0.25, -0.2) is 0 Å². The Morgan fingerprint density at radius 3 is 2.91 bits per heavy atom. The average molecular weight is 153 g/mol. The molecule has 2 nitrogen and oxygen atoms in total. The molecule has 0 radical (unpaired) electrons. The minimum atomic E-state index is 0.268. The van der Waals surface area contributed by atoms with E-state index < -0.39 is 0 Å². The smallest absolute Gasteiger partial charge is 0.220 e. The third-order valence-corrected chi connectivity index (χ3v) is 3.40. The SMILES string of the molecule is CC1C2CCC1CC(=O)NC2. The summed E-state index contributed by atoms with van der Waals surface area (Å²) in [6.45, 7) is 3.22. The van der Waals surface area contributed by atoms with Gasteiger partial charge in [0, 0.05) is 13.0 Å². The minimum Gasteiger partial charge on any atom is -0.356 e. The molecular formula is C9H15NO. The van der Waals surface area contributed by atoms with Crippen LogP contribution in [0.3, 0.4) is 0 Å². The lowest BCUT2D eigenvalue weighted by molar-refractivity contribution is -0.121. The lowest BCUT2D eigenvalue weighted by Gasteiger charge is -2.14. The van der Waals surface area contributed by atoms with Crippen LogP contribution >= 0.6 is 0 Å². The van der Waals surface area contributed by atoms with Gasteiger partial charge in [-0.3, -0.25) is 4.79 Å². The van der Waals surface area contributed by atoms with Gasteiger partial charge in [-0.2, -0.15) is 0 Å². The summed E-state index contributed by atoms with van der Waals surface area (Å²) in [5, 5.41) is 2.97. The Bertz CT molecular complexity index is 178. The van der Waals surface area contributed by atoms with E-state index in [-0.39, 0.29) is 5.91 Å². The molecule has 2 fully saturated rings. The minimum absolute atomic E-state index is 0.268. The Morgan fingerprint density at radius 2 is 2.09 bits per heavy atom. The fourth-order valence-electron chi connectivity index (χ4n) is 2.47. The van der Waals surface area contributed by atoms with Crippen LogP contribution in [-0.2, 0) is 4.79 Å². The highest BCUT2D eigenvalue weighted by atomic mass is 16.1. The molecule has 0 aromatic carbocycles. The van der Waals surface area contributed by atoms with Crippen LogP contribution in [-0.4, -0.2) is 12.5 Å². The number of amides is 1. The van der Waals surface area contributed by atoms with Gasteiger partial charge in [0.2, 0.25) is 5.91 Å². The van der Waals surface area contributed by atoms with Crippen molar-refractivity contribution in [3.8, 4) is 0 Å². The molecule has 1 saturated carbocycles. The number of hydrogen-bond donors (Lipinski definition) is 1. The largest absolute Gasteiger partial charge is 0.356 e. The van der Waals surface area contributed by atoms with Crippen molar-refractivity contribution < 1.29 is 4.79 Å². The highest BCUT2D eigenvalue weighted by Gasteiger charge is 2.36. The van der Waals surface area contributed by atoms with Crippen LogP contribution in [0.25, 0.3) is 0 Å². The second-order valence-electron chi connectivity index (χ2n) is 3.96. The normalized spacial score (nSPS) is 43.4. The average Bonchev–Trinajstić information content (AvgIpc) is 2.20. The highest BCUT2D eigenvalue weighted by Crippen LogP contribution is 2.39. The van der Waals surface area contributed by atoms with Gasteiger partial charge in [0.25, 0.3) is 0 Å². The summed E-state index contributed by atoms with van der Waals surface area (Å²) in [6, 6.07) is 0. The number of carbonyl (C=O) groups is 1. The number of carbonyl (C=O) groups excluding carboxylic acids is 1. The lowest BCUT2D eigenvalue weighted by Crippen LogP contribution is -2.27. The zero-order valence-electron chi connectivity index (χ0n) is 6.97. The molecule has 11 heavy (non-hydrogen) atoms. The maximum atomic E-state index is 11.1. The molecular weight excluding hydrogens is 138 g/mol. The number of rotatable bonds is 0. The monoisotopic (exact) mass is 153 g/mol. The first kappa shape index (κ1) is 7.14. The molecule has 62 valence electrons. The molecule has 3 atom stereocenters. The van der Waals surface area contributed by atoms with E-state index in [0.717, 1.165) is 24.8 Å². The van der Waals surface area contributed by atoms with Crippen LogP contribution in [0.5, 0.6) is 0 Å². The van der Waals surface area contributed by atoms with Gasteiger partial charge < -0.3 is 5.32 Å². The summed E-state index contributed by atoms with van der Waals surface area (Å²) in [5.74, 6) is 2.49. The molecule has 0 spiro atoms. The number of fused-ring (bicyclic) bond motifs is 2. The third-order valence-electron chi connectivity index (χ3n) is 3.40. The van der Waals surface area contributed by atoms with Crippen LogP contribution in [0.1, 0.15) is 26.2 Å². The fourth-order valence-corrected chi connectivity index (χ4v) is 2.47. The quantitative estimate of drug-likeness (QED) is 0.556. The van der Waals surface area contributed by atoms with Gasteiger partial charge >= 0.3 is 0 Å². The van der Waals surface area contributed by atoms with Crippen LogP contribution < -0.4 is 5.32 Å². The molecule has 3 unspecified atom stereocenters. The van der Waals surface area contributed by atoms with Crippen molar-refractivity contribution in [2.24, 2.45) is 17.8 Å². The first-order valence-corrected chi connectivity index (χ1v) is 4.54. The topological polar surface area (TPSA) is 29.1 Å².